The molecule has 6 nitrogen and oxygen atoms in total. The van der Waals surface area contributed by atoms with Crippen LogP contribution in [-0.4, -0.2) is 53.2 Å². The van der Waals surface area contributed by atoms with E-state index < -0.39 is 17.7 Å². The maximum absolute atomic E-state index is 12.1. The quantitative estimate of drug-likeness (QED) is 0.688. The lowest BCUT2D eigenvalue weighted by Crippen LogP contribution is -2.52. The van der Waals surface area contributed by atoms with E-state index in [0.717, 1.165) is 24.2 Å². The molecule has 6 heteroatoms. The number of carbonyl (C=O) groups is 3. The summed E-state index contributed by atoms with van der Waals surface area (Å²) in [5.74, 6) is -1.80. The maximum atomic E-state index is 12.1. The van der Waals surface area contributed by atoms with E-state index in [1.807, 2.05) is 6.92 Å². The Hall–Kier alpha value is -1.43. The molecular weight excluding hydrogens is 234 g/mol. The van der Waals surface area contributed by atoms with E-state index >= 15 is 0 Å². The molecule has 18 heavy (non-hydrogen) atoms. The third-order valence-electron chi connectivity index (χ3n) is 3.22. The Kier molecular flexibility index (Phi) is 5.27. The molecule has 0 aromatic carbocycles. The molecule has 1 aliphatic heterocycles. The summed E-state index contributed by atoms with van der Waals surface area (Å²) in [6.45, 7) is 4.02. The molecule has 2 N–H and O–H groups in total. The predicted octanol–water partition coefficient (Wildman–Crippen LogP) is -0.279. The first-order valence-electron chi connectivity index (χ1n) is 6.32. The molecule has 1 fully saturated rings. The number of nitrogens with zero attached hydrogens (tertiary/aromatic N) is 2. The van der Waals surface area contributed by atoms with E-state index in [4.69, 9.17) is 5.73 Å². The zero-order valence-corrected chi connectivity index (χ0v) is 11.0. The third-order valence-corrected chi connectivity index (χ3v) is 3.22. The zero-order chi connectivity index (χ0) is 13.7. The van der Waals surface area contributed by atoms with Crippen LogP contribution in [0.2, 0.25) is 0 Å². The van der Waals surface area contributed by atoms with Gasteiger partial charge in [-0.05, 0) is 26.2 Å². The fourth-order valence-electron chi connectivity index (χ4n) is 2.17. The second kappa shape index (κ2) is 6.49. The summed E-state index contributed by atoms with van der Waals surface area (Å²) in [6.07, 6.45) is 2.87. The Labute approximate surface area is 107 Å². The van der Waals surface area contributed by atoms with Crippen LogP contribution in [0.4, 0.5) is 0 Å². The average Bonchev–Trinajstić information content (AvgIpc) is 2.34. The molecule has 1 saturated heterocycles. The van der Waals surface area contributed by atoms with Crippen LogP contribution in [0, 0.1) is 0 Å². The summed E-state index contributed by atoms with van der Waals surface area (Å²) in [5, 5.41) is 0. The van der Waals surface area contributed by atoms with Crippen LogP contribution in [0.15, 0.2) is 0 Å². The van der Waals surface area contributed by atoms with Gasteiger partial charge in [0.25, 0.3) is 0 Å². The Morgan fingerprint density at radius 3 is 2.50 bits per heavy atom. The van der Waals surface area contributed by atoms with Gasteiger partial charge in [-0.2, -0.15) is 0 Å². The monoisotopic (exact) mass is 255 g/mol. The number of nitrogens with two attached hydrogens (primary N) is 1. The number of piperidine rings is 1. The van der Waals surface area contributed by atoms with Gasteiger partial charge < -0.3 is 10.6 Å². The van der Waals surface area contributed by atoms with Crippen molar-refractivity contribution in [1.82, 2.24) is 9.80 Å². The van der Waals surface area contributed by atoms with Gasteiger partial charge in [-0.3, -0.25) is 19.3 Å². The standard InChI is InChI=1S/C12H21N3O3/c1-9-5-3-4-7-14(9)11(17)12(18)15(8-6-13)10(2)16/h9H,3-8,13H2,1-2H3. The van der Waals surface area contributed by atoms with E-state index in [2.05, 4.69) is 0 Å². The van der Waals surface area contributed by atoms with Gasteiger partial charge >= 0.3 is 11.8 Å². The van der Waals surface area contributed by atoms with Crippen LogP contribution in [0.5, 0.6) is 0 Å². The molecule has 0 saturated carbocycles. The van der Waals surface area contributed by atoms with Crippen molar-refractivity contribution in [3.63, 3.8) is 0 Å². The summed E-state index contributed by atoms with van der Waals surface area (Å²) in [6, 6.07) is 0.0573. The predicted molar refractivity (Wildman–Crippen MR) is 66.5 cm³/mol. The van der Waals surface area contributed by atoms with Crippen molar-refractivity contribution in [1.29, 1.82) is 0 Å². The molecule has 1 unspecified atom stereocenters. The summed E-state index contributed by atoms with van der Waals surface area (Å²) in [4.78, 5) is 37.8. The number of hydrogen-bond acceptors (Lipinski definition) is 4. The van der Waals surface area contributed by atoms with Crippen molar-refractivity contribution in [2.75, 3.05) is 19.6 Å². The van der Waals surface area contributed by atoms with Crippen molar-refractivity contribution < 1.29 is 14.4 Å². The first-order chi connectivity index (χ1) is 8.49. The molecule has 0 spiro atoms. The van der Waals surface area contributed by atoms with Crippen LogP contribution in [0.3, 0.4) is 0 Å². The fourth-order valence-corrected chi connectivity index (χ4v) is 2.17. The van der Waals surface area contributed by atoms with Gasteiger partial charge in [0.2, 0.25) is 5.91 Å². The van der Waals surface area contributed by atoms with Crippen LogP contribution in [0.1, 0.15) is 33.1 Å². The van der Waals surface area contributed by atoms with Crippen molar-refractivity contribution in [3.8, 4) is 0 Å². The van der Waals surface area contributed by atoms with Crippen LogP contribution < -0.4 is 5.73 Å². The van der Waals surface area contributed by atoms with Gasteiger partial charge in [0.15, 0.2) is 0 Å². The lowest BCUT2D eigenvalue weighted by atomic mass is 10.0. The van der Waals surface area contributed by atoms with E-state index in [9.17, 15) is 14.4 Å². The molecule has 1 heterocycles. The third kappa shape index (κ3) is 3.29. The summed E-state index contributed by atoms with van der Waals surface area (Å²) in [5.41, 5.74) is 5.34. The van der Waals surface area contributed by atoms with Gasteiger partial charge in [-0.15, -0.1) is 0 Å². The van der Waals surface area contributed by atoms with E-state index in [-0.39, 0.29) is 19.1 Å². The lowest BCUT2D eigenvalue weighted by Gasteiger charge is -2.33. The summed E-state index contributed by atoms with van der Waals surface area (Å²) in [7, 11) is 0. The van der Waals surface area contributed by atoms with Gasteiger partial charge in [0, 0.05) is 32.6 Å². The largest absolute Gasteiger partial charge is 0.332 e. The number of hydrogen-bond donors (Lipinski definition) is 1. The zero-order valence-electron chi connectivity index (χ0n) is 11.0. The van der Waals surface area contributed by atoms with Crippen molar-refractivity contribution >= 4 is 17.7 Å². The Bertz CT molecular complexity index is 343. The minimum Gasteiger partial charge on any atom is -0.332 e. The highest BCUT2D eigenvalue weighted by Crippen LogP contribution is 2.17. The minimum absolute atomic E-state index is 0.0573. The van der Waals surface area contributed by atoms with Crippen molar-refractivity contribution in [3.05, 3.63) is 0 Å². The number of carbonyl (C=O) groups excluding carboxylic acids is 3. The van der Waals surface area contributed by atoms with Gasteiger partial charge in [-0.25, -0.2) is 0 Å². The number of amides is 3. The second-order valence-electron chi connectivity index (χ2n) is 4.61. The fraction of sp³-hybridized carbons (Fsp3) is 0.750. The van der Waals surface area contributed by atoms with Gasteiger partial charge in [-0.1, -0.05) is 0 Å². The van der Waals surface area contributed by atoms with Gasteiger partial charge in [0.1, 0.15) is 0 Å². The van der Waals surface area contributed by atoms with E-state index in [1.54, 1.807) is 4.90 Å². The maximum Gasteiger partial charge on any atom is 0.318 e. The molecule has 1 atom stereocenters. The van der Waals surface area contributed by atoms with E-state index in [0.29, 0.717) is 6.54 Å². The highest BCUT2D eigenvalue weighted by atomic mass is 16.2. The van der Waals surface area contributed by atoms with Crippen LogP contribution in [0.25, 0.3) is 0 Å². The van der Waals surface area contributed by atoms with Crippen molar-refractivity contribution in [2.24, 2.45) is 5.73 Å². The molecule has 0 bridgehead atoms. The average molecular weight is 255 g/mol. The van der Waals surface area contributed by atoms with Gasteiger partial charge in [0.05, 0.1) is 0 Å². The Balaban J connectivity index is 2.74. The van der Waals surface area contributed by atoms with Crippen LogP contribution >= 0.6 is 0 Å². The van der Waals surface area contributed by atoms with E-state index in [1.165, 1.54) is 6.92 Å². The molecule has 1 aliphatic rings. The molecule has 0 aliphatic carbocycles. The first kappa shape index (κ1) is 14.6. The van der Waals surface area contributed by atoms with Crippen molar-refractivity contribution in [2.45, 2.75) is 39.2 Å². The molecule has 0 aromatic heterocycles. The Morgan fingerprint density at radius 1 is 1.33 bits per heavy atom. The smallest absolute Gasteiger partial charge is 0.318 e. The first-order valence-corrected chi connectivity index (χ1v) is 6.32. The second-order valence-corrected chi connectivity index (χ2v) is 4.61. The molecule has 0 radical (unpaired) electrons. The molecular formula is C12H21N3O3. The normalized spacial score (nSPS) is 19.5. The van der Waals surface area contributed by atoms with Crippen LogP contribution in [-0.2, 0) is 14.4 Å². The summed E-state index contributed by atoms with van der Waals surface area (Å²) < 4.78 is 0. The molecule has 1 rings (SSSR count). The SMILES string of the molecule is CC(=O)N(CCN)C(=O)C(=O)N1CCCCC1C. The topological polar surface area (TPSA) is 83.7 Å². The number of likely N-dealkylation sites (tertiary alicyclic amines) is 1. The highest BCUT2D eigenvalue weighted by molar-refractivity contribution is 6.37. The number of rotatable bonds is 2. The minimum atomic E-state index is -0.762. The number of imide groups is 1. The highest BCUT2D eigenvalue weighted by Gasteiger charge is 2.32. The summed E-state index contributed by atoms with van der Waals surface area (Å²) >= 11 is 0. The molecule has 3 amide bonds. The molecule has 0 aromatic rings. The molecule has 102 valence electrons. The lowest BCUT2D eigenvalue weighted by molar-refractivity contribution is -0.157. The Morgan fingerprint density at radius 2 is 2.00 bits per heavy atom.